The van der Waals surface area contributed by atoms with Gasteiger partial charge in [0.2, 0.25) is 11.5 Å². The minimum atomic E-state index is -1.32. The number of rotatable bonds is 5. The molecule has 1 heterocycles. The van der Waals surface area contributed by atoms with Gasteiger partial charge in [0.05, 0.1) is 11.1 Å². The first-order chi connectivity index (χ1) is 7.56. The molecule has 0 atom stereocenters. The summed E-state index contributed by atoms with van der Waals surface area (Å²) < 4.78 is 14.6. The van der Waals surface area contributed by atoms with Gasteiger partial charge in [-0.25, -0.2) is 9.59 Å². The quantitative estimate of drug-likeness (QED) is 0.819. The molecule has 1 rings (SSSR count). The van der Waals surface area contributed by atoms with Gasteiger partial charge in [0.1, 0.15) is 6.61 Å². The summed E-state index contributed by atoms with van der Waals surface area (Å²) in [6.45, 7) is 0.485. The molecule has 0 aromatic carbocycles. The predicted octanol–water partition coefficient (Wildman–Crippen LogP) is 1.13. The summed E-state index contributed by atoms with van der Waals surface area (Å²) in [6, 6.07) is 1.16. The highest BCUT2D eigenvalue weighted by molar-refractivity contribution is 9.10. The van der Waals surface area contributed by atoms with Crippen LogP contribution in [0.3, 0.4) is 0 Å². The predicted molar refractivity (Wildman–Crippen MR) is 57.0 cm³/mol. The molecule has 0 amide bonds. The summed E-state index contributed by atoms with van der Waals surface area (Å²) >= 11 is 3.03. The molecule has 16 heavy (non-hydrogen) atoms. The number of ether oxygens (including phenoxy) is 2. The summed E-state index contributed by atoms with van der Waals surface area (Å²) in [7, 11) is 1.49. The third-order valence-corrected chi connectivity index (χ3v) is 2.20. The SMILES string of the molecule is COCCOc1c(Br)cc(C(=O)O)oc1=O. The van der Waals surface area contributed by atoms with Crippen LogP contribution < -0.4 is 10.4 Å². The van der Waals surface area contributed by atoms with E-state index in [-0.39, 0.29) is 16.8 Å². The highest BCUT2D eigenvalue weighted by Gasteiger charge is 2.15. The molecule has 0 saturated carbocycles. The van der Waals surface area contributed by atoms with Gasteiger partial charge in [-0.1, -0.05) is 0 Å². The molecule has 0 aliphatic heterocycles. The monoisotopic (exact) mass is 292 g/mol. The Morgan fingerprint density at radius 1 is 1.56 bits per heavy atom. The van der Waals surface area contributed by atoms with Crippen LogP contribution >= 0.6 is 15.9 Å². The lowest BCUT2D eigenvalue weighted by Gasteiger charge is -2.05. The van der Waals surface area contributed by atoms with Crippen molar-refractivity contribution in [2.75, 3.05) is 20.3 Å². The number of hydrogen-bond acceptors (Lipinski definition) is 5. The van der Waals surface area contributed by atoms with Crippen LogP contribution in [0.1, 0.15) is 10.6 Å². The lowest BCUT2D eigenvalue weighted by Crippen LogP contribution is -2.14. The molecule has 1 N–H and O–H groups in total. The number of hydrogen-bond donors (Lipinski definition) is 1. The van der Waals surface area contributed by atoms with Crippen molar-refractivity contribution in [3.8, 4) is 5.75 Å². The fraction of sp³-hybridized carbons (Fsp3) is 0.333. The zero-order valence-corrected chi connectivity index (χ0v) is 9.94. The average Bonchev–Trinajstić information content (AvgIpc) is 2.21. The van der Waals surface area contributed by atoms with Crippen molar-refractivity contribution in [2.45, 2.75) is 0 Å². The maximum Gasteiger partial charge on any atom is 0.380 e. The standard InChI is InChI=1S/C9H9BrO6/c1-14-2-3-15-7-5(10)4-6(8(11)12)16-9(7)13/h4H,2-3H2,1H3,(H,11,12). The first kappa shape index (κ1) is 12.7. The van der Waals surface area contributed by atoms with Crippen molar-refractivity contribution < 1.29 is 23.8 Å². The van der Waals surface area contributed by atoms with E-state index in [2.05, 4.69) is 20.3 Å². The lowest BCUT2D eigenvalue weighted by molar-refractivity contribution is 0.0655. The van der Waals surface area contributed by atoms with Gasteiger partial charge < -0.3 is 19.0 Å². The molecule has 0 spiro atoms. The van der Waals surface area contributed by atoms with E-state index >= 15 is 0 Å². The van der Waals surface area contributed by atoms with E-state index in [1.807, 2.05) is 0 Å². The van der Waals surface area contributed by atoms with E-state index < -0.39 is 17.4 Å². The van der Waals surface area contributed by atoms with E-state index in [0.717, 1.165) is 6.07 Å². The Labute approximate surface area is 98.9 Å². The van der Waals surface area contributed by atoms with Crippen LogP contribution in [0, 0.1) is 0 Å². The van der Waals surface area contributed by atoms with Gasteiger partial charge in [0, 0.05) is 13.2 Å². The largest absolute Gasteiger partial charge is 0.483 e. The Balaban J connectivity index is 2.94. The van der Waals surface area contributed by atoms with E-state index in [9.17, 15) is 9.59 Å². The van der Waals surface area contributed by atoms with Gasteiger partial charge in [0.15, 0.2) is 0 Å². The maximum absolute atomic E-state index is 11.3. The van der Waals surface area contributed by atoms with Crippen LogP contribution in [0.5, 0.6) is 5.75 Å². The molecule has 0 aliphatic rings. The molecule has 0 fully saturated rings. The normalized spacial score (nSPS) is 10.1. The second-order valence-electron chi connectivity index (χ2n) is 2.72. The molecule has 0 radical (unpaired) electrons. The van der Waals surface area contributed by atoms with Gasteiger partial charge in [-0.05, 0) is 15.9 Å². The Morgan fingerprint density at radius 3 is 2.75 bits per heavy atom. The number of methoxy groups -OCH3 is 1. The smallest absolute Gasteiger partial charge is 0.380 e. The minimum Gasteiger partial charge on any atom is -0.483 e. The van der Waals surface area contributed by atoms with Crippen molar-refractivity contribution in [3.05, 3.63) is 26.7 Å². The molecule has 0 unspecified atom stereocenters. The zero-order valence-electron chi connectivity index (χ0n) is 8.36. The number of carboxylic acids is 1. The molecule has 0 aliphatic carbocycles. The third-order valence-electron chi connectivity index (χ3n) is 1.61. The van der Waals surface area contributed by atoms with Crippen molar-refractivity contribution in [2.24, 2.45) is 0 Å². The van der Waals surface area contributed by atoms with Crippen LogP contribution in [-0.2, 0) is 4.74 Å². The highest BCUT2D eigenvalue weighted by atomic mass is 79.9. The van der Waals surface area contributed by atoms with Crippen molar-refractivity contribution >= 4 is 21.9 Å². The summed E-state index contributed by atoms with van der Waals surface area (Å²) in [5, 5.41) is 8.62. The maximum atomic E-state index is 11.3. The fourth-order valence-electron chi connectivity index (χ4n) is 0.914. The Hall–Kier alpha value is -1.34. The second kappa shape index (κ2) is 5.66. The summed E-state index contributed by atoms with van der Waals surface area (Å²) in [6.07, 6.45) is 0. The third kappa shape index (κ3) is 3.07. The van der Waals surface area contributed by atoms with Crippen LogP contribution in [0.4, 0.5) is 0 Å². The van der Waals surface area contributed by atoms with Crippen molar-refractivity contribution in [3.63, 3.8) is 0 Å². The van der Waals surface area contributed by atoms with Crippen molar-refractivity contribution in [1.29, 1.82) is 0 Å². The van der Waals surface area contributed by atoms with E-state index in [4.69, 9.17) is 14.6 Å². The van der Waals surface area contributed by atoms with Crippen LogP contribution in [0.25, 0.3) is 0 Å². The molecule has 0 bridgehead atoms. The molecule has 1 aromatic heterocycles. The Kier molecular flexibility index (Phi) is 4.51. The molecular weight excluding hydrogens is 284 g/mol. The van der Waals surface area contributed by atoms with Crippen molar-refractivity contribution in [1.82, 2.24) is 0 Å². The van der Waals surface area contributed by atoms with E-state index in [1.54, 1.807) is 0 Å². The van der Waals surface area contributed by atoms with Gasteiger partial charge in [0.25, 0.3) is 0 Å². The number of aromatic carboxylic acids is 1. The Bertz CT molecular complexity index is 438. The van der Waals surface area contributed by atoms with Gasteiger partial charge >= 0.3 is 11.6 Å². The molecule has 1 aromatic rings. The van der Waals surface area contributed by atoms with Crippen LogP contribution in [0.2, 0.25) is 0 Å². The summed E-state index contributed by atoms with van der Waals surface area (Å²) in [5.41, 5.74) is -0.845. The molecule has 6 nitrogen and oxygen atoms in total. The van der Waals surface area contributed by atoms with Crippen LogP contribution in [0.15, 0.2) is 19.8 Å². The number of carbonyl (C=O) groups is 1. The van der Waals surface area contributed by atoms with E-state index in [1.165, 1.54) is 7.11 Å². The first-order valence-electron chi connectivity index (χ1n) is 4.25. The molecule has 7 heteroatoms. The second-order valence-corrected chi connectivity index (χ2v) is 3.58. The Morgan fingerprint density at radius 2 is 2.25 bits per heavy atom. The first-order valence-corrected chi connectivity index (χ1v) is 5.04. The highest BCUT2D eigenvalue weighted by Crippen LogP contribution is 2.21. The fourth-order valence-corrected chi connectivity index (χ4v) is 1.40. The molecular formula is C9H9BrO6. The van der Waals surface area contributed by atoms with Crippen LogP contribution in [-0.4, -0.2) is 31.4 Å². The van der Waals surface area contributed by atoms with Gasteiger partial charge in [-0.15, -0.1) is 0 Å². The number of carboxylic acid groups (broad SMARTS) is 1. The van der Waals surface area contributed by atoms with Gasteiger partial charge in [-0.2, -0.15) is 0 Å². The van der Waals surface area contributed by atoms with E-state index in [0.29, 0.717) is 6.61 Å². The summed E-state index contributed by atoms with van der Waals surface area (Å²) in [5.74, 6) is -1.83. The topological polar surface area (TPSA) is 86.0 Å². The molecule has 0 saturated heterocycles. The number of halogens is 1. The summed E-state index contributed by atoms with van der Waals surface area (Å²) in [4.78, 5) is 21.9. The average molecular weight is 293 g/mol. The zero-order chi connectivity index (χ0) is 12.1. The lowest BCUT2D eigenvalue weighted by atomic mass is 10.4. The molecule has 88 valence electrons. The van der Waals surface area contributed by atoms with Gasteiger partial charge in [-0.3, -0.25) is 0 Å². The minimum absolute atomic E-state index is 0.0675.